The number of halogens is 5. The van der Waals surface area contributed by atoms with Crippen LogP contribution in [0.25, 0.3) is 5.57 Å². The minimum atomic E-state index is -4.56. The summed E-state index contributed by atoms with van der Waals surface area (Å²) in [5, 5.41) is 0. The van der Waals surface area contributed by atoms with Crippen LogP contribution < -0.4 is 0 Å². The molecule has 0 saturated carbocycles. The lowest BCUT2D eigenvalue weighted by Gasteiger charge is -2.07. The molecule has 0 unspecified atom stereocenters. The van der Waals surface area contributed by atoms with Gasteiger partial charge in [-0.2, -0.15) is 13.2 Å². The maximum atomic E-state index is 12.1. The third kappa shape index (κ3) is 2.74. The van der Waals surface area contributed by atoms with Crippen LogP contribution in [0.5, 0.6) is 0 Å². The lowest BCUT2D eigenvalue weighted by molar-refractivity contribution is -0.141. The number of nitrogens with zero attached hydrogens (tertiary/aromatic N) is 1. The van der Waals surface area contributed by atoms with Crippen molar-refractivity contribution in [3.05, 3.63) is 36.2 Å². The molecule has 1 nitrogen and oxygen atoms in total. The Labute approximate surface area is 82.2 Å². The molecule has 15 heavy (non-hydrogen) atoms. The van der Waals surface area contributed by atoms with Gasteiger partial charge in [0.1, 0.15) is 5.69 Å². The minimum Gasteiger partial charge on any atom is -0.251 e. The zero-order valence-electron chi connectivity index (χ0n) is 7.35. The van der Waals surface area contributed by atoms with Gasteiger partial charge in [-0.25, -0.2) is 8.78 Å². The van der Waals surface area contributed by atoms with Crippen LogP contribution in [0.4, 0.5) is 22.0 Å². The van der Waals surface area contributed by atoms with Crippen LogP contribution in [0.2, 0.25) is 0 Å². The molecule has 0 N–H and O–H groups in total. The smallest absolute Gasteiger partial charge is 0.251 e. The monoisotopic (exact) mass is 223 g/mol. The van der Waals surface area contributed by atoms with E-state index in [9.17, 15) is 22.0 Å². The van der Waals surface area contributed by atoms with Crippen molar-refractivity contribution in [1.82, 2.24) is 4.98 Å². The normalized spacial score (nSPS) is 11.9. The van der Waals surface area contributed by atoms with Crippen LogP contribution in [-0.4, -0.2) is 11.4 Å². The number of alkyl halides is 5. The molecule has 1 aromatic heterocycles. The Bertz CT molecular complexity index is 352. The largest absolute Gasteiger partial charge is 0.433 e. The first-order valence-corrected chi connectivity index (χ1v) is 3.83. The number of rotatable bonds is 2. The Balaban J connectivity index is 2.96. The van der Waals surface area contributed by atoms with Crippen LogP contribution >= 0.6 is 0 Å². The van der Waals surface area contributed by atoms with Crippen molar-refractivity contribution < 1.29 is 22.0 Å². The zero-order chi connectivity index (χ0) is 11.6. The molecule has 0 radical (unpaired) electrons. The van der Waals surface area contributed by atoms with Crippen LogP contribution in [-0.2, 0) is 6.18 Å². The van der Waals surface area contributed by atoms with Crippen molar-refractivity contribution in [1.29, 1.82) is 0 Å². The van der Waals surface area contributed by atoms with Crippen molar-refractivity contribution in [2.45, 2.75) is 12.6 Å². The maximum absolute atomic E-state index is 12.1. The van der Waals surface area contributed by atoms with Gasteiger partial charge in [0.25, 0.3) is 6.43 Å². The van der Waals surface area contributed by atoms with Gasteiger partial charge in [0.2, 0.25) is 0 Å². The fourth-order valence-electron chi connectivity index (χ4n) is 0.877. The molecule has 1 aromatic rings. The number of allylic oxidation sites excluding steroid dienone is 1. The van der Waals surface area contributed by atoms with E-state index in [4.69, 9.17) is 0 Å². The van der Waals surface area contributed by atoms with Gasteiger partial charge < -0.3 is 0 Å². The third-order valence-corrected chi connectivity index (χ3v) is 1.69. The van der Waals surface area contributed by atoms with E-state index in [0.29, 0.717) is 6.07 Å². The van der Waals surface area contributed by atoms with Crippen molar-refractivity contribution in [2.75, 3.05) is 0 Å². The van der Waals surface area contributed by atoms with E-state index in [-0.39, 0.29) is 5.56 Å². The second-order valence-corrected chi connectivity index (χ2v) is 2.76. The molecule has 6 heteroatoms. The van der Waals surface area contributed by atoms with Crippen LogP contribution in [0.1, 0.15) is 11.3 Å². The van der Waals surface area contributed by atoms with Crippen LogP contribution in [0.15, 0.2) is 24.9 Å². The van der Waals surface area contributed by atoms with Gasteiger partial charge in [0.05, 0.1) is 0 Å². The summed E-state index contributed by atoms with van der Waals surface area (Å²) in [6.45, 7) is 3.05. The first-order chi connectivity index (χ1) is 6.82. The molecule has 0 spiro atoms. The zero-order valence-corrected chi connectivity index (χ0v) is 7.35. The highest BCUT2D eigenvalue weighted by Gasteiger charge is 2.32. The molecule has 0 aliphatic heterocycles. The van der Waals surface area contributed by atoms with Crippen molar-refractivity contribution >= 4 is 5.57 Å². The molecule has 1 heterocycles. The van der Waals surface area contributed by atoms with Crippen LogP contribution in [0.3, 0.4) is 0 Å². The maximum Gasteiger partial charge on any atom is 0.433 e. The lowest BCUT2D eigenvalue weighted by Crippen LogP contribution is -2.08. The third-order valence-electron chi connectivity index (χ3n) is 1.69. The molecule has 0 aliphatic carbocycles. The molecule has 0 fully saturated rings. The SMILES string of the molecule is C=C(c1ccc(C(F)(F)F)nc1)C(F)F. The molecule has 0 atom stereocenters. The molecule has 0 aromatic carbocycles. The number of hydrogen-bond acceptors (Lipinski definition) is 1. The highest BCUT2D eigenvalue weighted by atomic mass is 19.4. The Morgan fingerprint density at radius 1 is 1.27 bits per heavy atom. The summed E-state index contributed by atoms with van der Waals surface area (Å²) in [4.78, 5) is 3.03. The van der Waals surface area contributed by atoms with Crippen LogP contribution in [0, 0.1) is 0 Å². The average molecular weight is 223 g/mol. The van der Waals surface area contributed by atoms with E-state index in [1.54, 1.807) is 0 Å². The summed E-state index contributed by atoms with van der Waals surface area (Å²) >= 11 is 0. The number of pyridine rings is 1. The van der Waals surface area contributed by atoms with Gasteiger partial charge in [-0.1, -0.05) is 12.6 Å². The molecule has 0 saturated heterocycles. The van der Waals surface area contributed by atoms with Gasteiger partial charge >= 0.3 is 6.18 Å². The first-order valence-electron chi connectivity index (χ1n) is 3.83. The first kappa shape index (κ1) is 11.6. The quantitative estimate of drug-likeness (QED) is 0.700. The Morgan fingerprint density at radius 2 is 1.87 bits per heavy atom. The van der Waals surface area contributed by atoms with Gasteiger partial charge in [-0.05, 0) is 6.07 Å². The van der Waals surface area contributed by atoms with Gasteiger partial charge in [0, 0.05) is 17.3 Å². The molecule has 0 amide bonds. The second kappa shape index (κ2) is 3.96. The lowest BCUT2D eigenvalue weighted by atomic mass is 10.1. The standard InChI is InChI=1S/C9H6F5N/c1-5(8(10)11)6-2-3-7(15-4-6)9(12,13)14/h2-4,8H,1H2. The Morgan fingerprint density at radius 3 is 2.20 bits per heavy atom. The Kier molecular flexibility index (Phi) is 3.06. The number of aromatic nitrogens is 1. The van der Waals surface area contributed by atoms with E-state index < -0.39 is 23.9 Å². The molecule has 0 bridgehead atoms. The van der Waals surface area contributed by atoms with E-state index in [0.717, 1.165) is 12.3 Å². The van der Waals surface area contributed by atoms with Gasteiger partial charge in [0.15, 0.2) is 0 Å². The molecule has 0 aliphatic rings. The van der Waals surface area contributed by atoms with Crippen molar-refractivity contribution in [3.63, 3.8) is 0 Å². The number of hydrogen-bond donors (Lipinski definition) is 0. The summed E-state index contributed by atoms with van der Waals surface area (Å²) in [5.74, 6) is 0. The van der Waals surface area contributed by atoms with E-state index in [1.165, 1.54) is 0 Å². The second-order valence-electron chi connectivity index (χ2n) is 2.76. The Hall–Kier alpha value is -1.46. The fraction of sp³-hybridized carbons (Fsp3) is 0.222. The topological polar surface area (TPSA) is 12.9 Å². The fourth-order valence-corrected chi connectivity index (χ4v) is 0.877. The highest BCUT2D eigenvalue weighted by molar-refractivity contribution is 5.64. The summed E-state index contributed by atoms with van der Waals surface area (Å²) < 4.78 is 60.3. The van der Waals surface area contributed by atoms with Gasteiger partial charge in [-0.3, -0.25) is 4.98 Å². The highest BCUT2D eigenvalue weighted by Crippen LogP contribution is 2.28. The van der Waals surface area contributed by atoms with E-state index in [1.807, 2.05) is 0 Å². The summed E-state index contributed by atoms with van der Waals surface area (Å²) in [7, 11) is 0. The molecule has 82 valence electrons. The average Bonchev–Trinajstić information content (AvgIpc) is 2.15. The van der Waals surface area contributed by atoms with Crippen molar-refractivity contribution in [3.8, 4) is 0 Å². The van der Waals surface area contributed by atoms with E-state index in [2.05, 4.69) is 11.6 Å². The predicted octanol–water partition coefficient (Wildman–Crippen LogP) is 3.38. The minimum absolute atomic E-state index is 0.0991. The van der Waals surface area contributed by atoms with Gasteiger partial charge in [-0.15, -0.1) is 0 Å². The summed E-state index contributed by atoms with van der Waals surface area (Å²) in [6, 6.07) is 1.56. The molecular weight excluding hydrogens is 217 g/mol. The molecular formula is C9H6F5N. The van der Waals surface area contributed by atoms with E-state index >= 15 is 0 Å². The summed E-state index contributed by atoms with van der Waals surface area (Å²) in [5.41, 5.74) is -1.76. The predicted molar refractivity (Wildman–Crippen MR) is 44.3 cm³/mol. The molecule has 1 rings (SSSR count). The summed E-state index contributed by atoms with van der Waals surface area (Å²) in [6.07, 6.45) is -6.63. The van der Waals surface area contributed by atoms with Crippen molar-refractivity contribution in [2.24, 2.45) is 0 Å².